The van der Waals surface area contributed by atoms with Crippen LogP contribution in [0.25, 0.3) is 0 Å². The van der Waals surface area contributed by atoms with Gasteiger partial charge in [0.2, 0.25) is 0 Å². The molecule has 98 valence electrons. The van der Waals surface area contributed by atoms with Gasteiger partial charge in [-0.3, -0.25) is 4.90 Å². The smallest absolute Gasteiger partial charge is 0.120 e. The maximum Gasteiger partial charge on any atom is 0.120 e. The van der Waals surface area contributed by atoms with Crippen LogP contribution in [0.2, 0.25) is 0 Å². The Bertz CT molecular complexity index is 396. The van der Waals surface area contributed by atoms with Crippen molar-refractivity contribution in [1.82, 2.24) is 4.90 Å². The lowest BCUT2D eigenvalue weighted by Gasteiger charge is -2.22. The SMILES string of the molecule is CCN(CCOc1cccc(C#N)c1)CC(C)C. The molecule has 0 fully saturated rings. The molecule has 0 amide bonds. The van der Waals surface area contributed by atoms with Crippen LogP contribution in [0, 0.1) is 17.2 Å². The van der Waals surface area contributed by atoms with Gasteiger partial charge < -0.3 is 4.74 Å². The third-order valence-electron chi connectivity index (χ3n) is 2.71. The van der Waals surface area contributed by atoms with E-state index in [0.29, 0.717) is 18.1 Å². The highest BCUT2D eigenvalue weighted by Crippen LogP contribution is 2.12. The van der Waals surface area contributed by atoms with E-state index in [1.807, 2.05) is 12.1 Å². The largest absolute Gasteiger partial charge is 0.492 e. The van der Waals surface area contributed by atoms with Crippen molar-refractivity contribution in [3.8, 4) is 11.8 Å². The molecule has 1 aromatic carbocycles. The molecular weight excluding hydrogens is 224 g/mol. The average Bonchev–Trinajstić information content (AvgIpc) is 2.37. The highest BCUT2D eigenvalue weighted by atomic mass is 16.5. The van der Waals surface area contributed by atoms with E-state index in [-0.39, 0.29) is 0 Å². The second-order valence-electron chi connectivity index (χ2n) is 4.78. The molecule has 0 spiro atoms. The minimum Gasteiger partial charge on any atom is -0.492 e. The van der Waals surface area contributed by atoms with E-state index in [1.165, 1.54) is 0 Å². The monoisotopic (exact) mass is 246 g/mol. The first-order chi connectivity index (χ1) is 8.65. The van der Waals surface area contributed by atoms with E-state index >= 15 is 0 Å². The molecule has 0 radical (unpaired) electrons. The lowest BCUT2D eigenvalue weighted by Crippen LogP contribution is -2.31. The Kier molecular flexibility index (Phi) is 6.24. The van der Waals surface area contributed by atoms with Gasteiger partial charge in [0, 0.05) is 13.1 Å². The summed E-state index contributed by atoms with van der Waals surface area (Å²) in [4.78, 5) is 2.37. The number of hydrogen-bond acceptors (Lipinski definition) is 3. The Morgan fingerprint density at radius 1 is 1.39 bits per heavy atom. The van der Waals surface area contributed by atoms with E-state index in [4.69, 9.17) is 10.00 Å². The van der Waals surface area contributed by atoms with Gasteiger partial charge in [-0.2, -0.15) is 5.26 Å². The predicted octanol–water partition coefficient (Wildman–Crippen LogP) is 2.91. The molecule has 1 aromatic rings. The fourth-order valence-corrected chi connectivity index (χ4v) is 1.84. The number of ether oxygens (including phenoxy) is 1. The first-order valence-electron chi connectivity index (χ1n) is 6.51. The van der Waals surface area contributed by atoms with Crippen molar-refractivity contribution < 1.29 is 4.74 Å². The zero-order chi connectivity index (χ0) is 13.4. The van der Waals surface area contributed by atoms with Gasteiger partial charge in [-0.15, -0.1) is 0 Å². The molecule has 0 aliphatic rings. The minimum absolute atomic E-state index is 0.641. The summed E-state index contributed by atoms with van der Waals surface area (Å²) >= 11 is 0. The number of nitriles is 1. The summed E-state index contributed by atoms with van der Waals surface area (Å²) < 4.78 is 5.67. The Morgan fingerprint density at radius 2 is 2.17 bits per heavy atom. The molecule has 0 aliphatic carbocycles. The first-order valence-corrected chi connectivity index (χ1v) is 6.51. The molecule has 1 rings (SSSR count). The van der Waals surface area contributed by atoms with Gasteiger partial charge in [0.1, 0.15) is 12.4 Å². The number of hydrogen-bond donors (Lipinski definition) is 0. The molecule has 0 aliphatic heterocycles. The number of rotatable bonds is 7. The lowest BCUT2D eigenvalue weighted by molar-refractivity contribution is 0.200. The van der Waals surface area contributed by atoms with E-state index < -0.39 is 0 Å². The second-order valence-corrected chi connectivity index (χ2v) is 4.78. The van der Waals surface area contributed by atoms with Crippen molar-refractivity contribution in [2.45, 2.75) is 20.8 Å². The zero-order valence-electron chi connectivity index (χ0n) is 11.5. The third-order valence-corrected chi connectivity index (χ3v) is 2.71. The predicted molar refractivity (Wildman–Crippen MR) is 73.6 cm³/mol. The standard InChI is InChI=1S/C15H22N2O/c1-4-17(12-13(2)3)8-9-18-15-7-5-6-14(10-15)11-16/h5-7,10,13H,4,8-9,12H2,1-3H3. The van der Waals surface area contributed by atoms with Crippen molar-refractivity contribution in [3.05, 3.63) is 29.8 Å². The summed E-state index contributed by atoms with van der Waals surface area (Å²) in [6, 6.07) is 9.41. The van der Waals surface area contributed by atoms with Crippen LogP contribution in [0.4, 0.5) is 0 Å². The van der Waals surface area contributed by atoms with Crippen LogP contribution in [0.1, 0.15) is 26.3 Å². The van der Waals surface area contributed by atoms with Crippen LogP contribution in [-0.4, -0.2) is 31.1 Å². The first kappa shape index (κ1) is 14.5. The number of likely N-dealkylation sites (N-methyl/N-ethyl adjacent to an activating group) is 1. The molecule has 3 heteroatoms. The topological polar surface area (TPSA) is 36.3 Å². The summed E-state index contributed by atoms with van der Waals surface area (Å²) in [6.45, 7) is 10.3. The van der Waals surface area contributed by atoms with E-state index in [0.717, 1.165) is 25.4 Å². The van der Waals surface area contributed by atoms with Crippen LogP contribution in [-0.2, 0) is 0 Å². The van der Waals surface area contributed by atoms with Crippen LogP contribution in [0.3, 0.4) is 0 Å². The van der Waals surface area contributed by atoms with Crippen molar-refractivity contribution in [2.24, 2.45) is 5.92 Å². The van der Waals surface area contributed by atoms with Crippen LogP contribution in [0.15, 0.2) is 24.3 Å². The summed E-state index contributed by atoms with van der Waals surface area (Å²) in [6.07, 6.45) is 0. The average molecular weight is 246 g/mol. The molecule has 18 heavy (non-hydrogen) atoms. The summed E-state index contributed by atoms with van der Waals surface area (Å²) in [5.74, 6) is 1.45. The molecule has 0 saturated heterocycles. The molecule has 0 saturated carbocycles. The van der Waals surface area contributed by atoms with Crippen LogP contribution >= 0.6 is 0 Å². The molecule has 0 heterocycles. The maximum atomic E-state index is 8.80. The van der Waals surface area contributed by atoms with Gasteiger partial charge in [0.15, 0.2) is 0 Å². The Morgan fingerprint density at radius 3 is 2.78 bits per heavy atom. The van der Waals surface area contributed by atoms with Crippen molar-refractivity contribution >= 4 is 0 Å². The van der Waals surface area contributed by atoms with Crippen molar-refractivity contribution in [2.75, 3.05) is 26.2 Å². The van der Waals surface area contributed by atoms with Crippen molar-refractivity contribution in [1.29, 1.82) is 5.26 Å². The number of nitrogens with zero attached hydrogens (tertiary/aromatic N) is 2. The van der Waals surface area contributed by atoms with E-state index in [9.17, 15) is 0 Å². The highest BCUT2D eigenvalue weighted by molar-refractivity contribution is 5.36. The summed E-state index contributed by atoms with van der Waals surface area (Å²) in [5, 5.41) is 8.80. The Balaban J connectivity index is 2.38. The Hall–Kier alpha value is -1.53. The second kappa shape index (κ2) is 7.73. The zero-order valence-corrected chi connectivity index (χ0v) is 11.5. The highest BCUT2D eigenvalue weighted by Gasteiger charge is 2.05. The summed E-state index contributed by atoms with van der Waals surface area (Å²) in [7, 11) is 0. The molecule has 0 unspecified atom stereocenters. The van der Waals surface area contributed by atoms with Crippen LogP contribution < -0.4 is 4.74 Å². The van der Waals surface area contributed by atoms with Gasteiger partial charge in [-0.25, -0.2) is 0 Å². The van der Waals surface area contributed by atoms with E-state index in [1.54, 1.807) is 12.1 Å². The van der Waals surface area contributed by atoms with Gasteiger partial charge >= 0.3 is 0 Å². The fourth-order valence-electron chi connectivity index (χ4n) is 1.84. The molecule has 0 N–H and O–H groups in total. The Labute approximate surface area is 110 Å². The molecule has 0 atom stereocenters. The van der Waals surface area contributed by atoms with Gasteiger partial charge in [0.05, 0.1) is 11.6 Å². The minimum atomic E-state index is 0.641. The molecule has 0 bridgehead atoms. The van der Waals surface area contributed by atoms with Crippen molar-refractivity contribution in [3.63, 3.8) is 0 Å². The third kappa shape index (κ3) is 5.20. The fraction of sp³-hybridized carbons (Fsp3) is 0.533. The number of benzene rings is 1. The normalized spacial score (nSPS) is 10.7. The van der Waals surface area contributed by atoms with Gasteiger partial charge in [-0.05, 0) is 30.7 Å². The molecule has 0 aromatic heterocycles. The van der Waals surface area contributed by atoms with Gasteiger partial charge in [0.25, 0.3) is 0 Å². The molecular formula is C15H22N2O. The van der Waals surface area contributed by atoms with Gasteiger partial charge in [-0.1, -0.05) is 26.8 Å². The van der Waals surface area contributed by atoms with Crippen LogP contribution in [0.5, 0.6) is 5.75 Å². The summed E-state index contributed by atoms with van der Waals surface area (Å²) in [5.41, 5.74) is 0.641. The maximum absolute atomic E-state index is 8.80. The van der Waals surface area contributed by atoms with E-state index in [2.05, 4.69) is 31.7 Å². The quantitative estimate of drug-likeness (QED) is 0.742. The lowest BCUT2D eigenvalue weighted by atomic mass is 10.2. The molecule has 3 nitrogen and oxygen atoms in total.